The summed E-state index contributed by atoms with van der Waals surface area (Å²) in [6.07, 6.45) is 6.00. The molecule has 10 heterocycles. The number of carbonyl (C=O) groups is 4. The minimum atomic E-state index is -1.32. The molecule has 0 unspecified atom stereocenters. The molecule has 12 rings (SSSR count). The first-order valence-electron chi connectivity index (χ1n) is 18.7. The zero-order chi connectivity index (χ0) is 37.4. The summed E-state index contributed by atoms with van der Waals surface area (Å²) < 4.78 is 10.2. The van der Waals surface area contributed by atoms with E-state index in [0.717, 1.165) is 59.8 Å². The summed E-state index contributed by atoms with van der Waals surface area (Å²) in [5.41, 5.74) is 0.643. The zero-order valence-electron chi connectivity index (χ0n) is 30.6. The number of amides is 2. The molecule has 0 spiro atoms. The topological polar surface area (TPSA) is 175 Å². The average Bonchev–Trinajstić information content (AvgIpc) is 4.04. The first-order chi connectivity index (χ1) is 26.0. The summed E-state index contributed by atoms with van der Waals surface area (Å²) in [4.78, 5) is 75.3. The normalized spacial score (nSPS) is 33.9. The highest BCUT2D eigenvalue weighted by molar-refractivity contribution is 6.08. The van der Waals surface area contributed by atoms with Crippen molar-refractivity contribution in [3.8, 4) is 11.1 Å². The Labute approximate surface area is 311 Å². The molecule has 4 aromatic rings. The van der Waals surface area contributed by atoms with E-state index >= 15 is 0 Å². The number of ether oxygens (including phenoxy) is 2. The second kappa shape index (κ2) is 11.1. The van der Waals surface area contributed by atoms with E-state index in [1.165, 1.54) is 14.2 Å². The third-order valence-corrected chi connectivity index (χ3v) is 14.1. The van der Waals surface area contributed by atoms with Crippen molar-refractivity contribution in [2.75, 3.05) is 27.3 Å². The number of benzene rings is 2. The Hall–Kier alpha value is -5.34. The van der Waals surface area contributed by atoms with Gasteiger partial charge in [-0.2, -0.15) is 0 Å². The fourth-order valence-electron chi connectivity index (χ4n) is 11.7. The van der Waals surface area contributed by atoms with Crippen LogP contribution in [0, 0.1) is 10.8 Å². The van der Waals surface area contributed by atoms with Gasteiger partial charge in [0.1, 0.15) is 11.6 Å². The van der Waals surface area contributed by atoms with E-state index in [1.807, 2.05) is 36.7 Å². The molecule has 4 saturated heterocycles. The predicted octanol–water partition coefficient (Wildman–Crippen LogP) is 4.53. The highest BCUT2D eigenvalue weighted by Gasteiger charge is 2.79. The number of imidazole rings is 2. The molecule has 0 aliphatic carbocycles. The van der Waals surface area contributed by atoms with Crippen LogP contribution < -0.4 is 10.6 Å². The van der Waals surface area contributed by atoms with Crippen molar-refractivity contribution in [2.45, 2.75) is 74.8 Å². The van der Waals surface area contributed by atoms with E-state index in [9.17, 15) is 19.2 Å². The molecule has 8 aliphatic rings. The van der Waals surface area contributed by atoms with Gasteiger partial charge in [-0.05, 0) is 36.8 Å². The first-order valence-corrected chi connectivity index (χ1v) is 18.7. The Morgan fingerprint density at radius 3 is 1.37 bits per heavy atom. The Morgan fingerprint density at radius 1 is 0.667 bits per heavy atom. The predicted molar refractivity (Wildman–Crippen MR) is 194 cm³/mol. The fourth-order valence-corrected chi connectivity index (χ4v) is 11.7. The number of aromatic nitrogens is 4. The summed E-state index contributed by atoms with van der Waals surface area (Å²) in [5.74, 6) is 1.07. The standard InChI is InChI=1S/C40H42N8O6/c1-37(29-25-19-41-33(29)43-25)27-7-5-17-47(27)39(37,45-35(51)53-3)31(49)23-13-9-21(10-14-23)22-11-15-24(16-12-22)32(50)40(46-36(52)54-4)38(2,28-8-6-18-48(28)40)30-26-20-42-34(30)44-26/h9-16,19-20,27-30H,5-8,17-18H2,1-4H3,(H,41,43)(H,42,44)(H,45,51)(H,46,52)/t27-,28+,29-,30-,37+,38+,39+,40+/m0/s1. The Balaban J connectivity index is 0.949. The van der Waals surface area contributed by atoms with Crippen molar-refractivity contribution in [3.05, 3.63) is 95.1 Å². The van der Waals surface area contributed by atoms with Gasteiger partial charge in [-0.1, -0.05) is 62.4 Å². The molecule has 4 N–H and O–H groups in total. The number of nitrogens with zero attached hydrogens (tertiary/aromatic N) is 4. The molecule has 278 valence electrons. The molecule has 0 radical (unpaired) electrons. The van der Waals surface area contributed by atoms with Gasteiger partial charge in [-0.25, -0.2) is 19.6 Å². The first kappa shape index (κ1) is 33.2. The SMILES string of the molecule is COC(=O)N[C@]1(C(=O)c2ccc(-c3ccc(C(=O)[C@@]4(NC(=O)OC)N5CCC[C@@H]5[C@]4(C)[C@H]4c5cnc4[nH]5)cc3)cc2)N2CCC[C@H]2[C@]1(C)[C@H]1c2cnc1[nH]2. The second-order valence-electron chi connectivity index (χ2n) is 16.0. The fraction of sp³-hybridized carbons (Fsp3) is 0.450. The van der Waals surface area contributed by atoms with E-state index in [2.05, 4.69) is 54.2 Å². The van der Waals surface area contributed by atoms with Crippen LogP contribution in [0.1, 0.15) is 95.1 Å². The number of alkyl carbamates (subject to hydrolysis) is 2. The van der Waals surface area contributed by atoms with Crippen LogP contribution in [-0.4, -0.2) is 104 Å². The van der Waals surface area contributed by atoms with Crippen LogP contribution in [0.4, 0.5) is 9.59 Å². The Bertz CT molecular complexity index is 2040. The van der Waals surface area contributed by atoms with E-state index in [1.54, 1.807) is 24.3 Å². The van der Waals surface area contributed by atoms with Gasteiger partial charge in [0.2, 0.25) is 11.6 Å². The van der Waals surface area contributed by atoms with Crippen molar-refractivity contribution in [3.63, 3.8) is 0 Å². The zero-order valence-corrected chi connectivity index (χ0v) is 30.6. The van der Waals surface area contributed by atoms with Gasteiger partial charge in [0.05, 0.1) is 26.1 Å². The summed E-state index contributed by atoms with van der Waals surface area (Å²) in [6, 6.07) is 14.9. The smallest absolute Gasteiger partial charge is 0.408 e. The third-order valence-electron chi connectivity index (χ3n) is 14.1. The third kappa shape index (κ3) is 3.77. The summed E-state index contributed by atoms with van der Waals surface area (Å²) >= 11 is 0. The molecule has 4 fully saturated rings. The summed E-state index contributed by atoms with van der Waals surface area (Å²) in [7, 11) is 2.62. The lowest BCUT2D eigenvalue weighted by molar-refractivity contribution is -0.179. The number of H-pyrrole nitrogens is 2. The Morgan fingerprint density at radius 2 is 1.06 bits per heavy atom. The number of carbonyl (C=O) groups excluding carboxylic acids is 4. The largest absolute Gasteiger partial charge is 0.453 e. The van der Waals surface area contributed by atoms with E-state index in [-0.39, 0.29) is 35.5 Å². The maximum Gasteiger partial charge on any atom is 0.408 e. The molecule has 54 heavy (non-hydrogen) atoms. The quantitative estimate of drug-likeness (QED) is 0.179. The highest BCUT2D eigenvalue weighted by atomic mass is 16.5. The molecule has 8 atom stereocenters. The van der Waals surface area contributed by atoms with Crippen LogP contribution in [0.15, 0.2) is 60.9 Å². The van der Waals surface area contributed by atoms with Crippen LogP contribution >= 0.6 is 0 Å². The molecular formula is C40H42N8O6. The molecule has 4 bridgehead atoms. The second-order valence-corrected chi connectivity index (χ2v) is 16.0. The molecule has 14 heteroatoms. The van der Waals surface area contributed by atoms with Gasteiger partial charge in [0.15, 0.2) is 11.3 Å². The lowest BCUT2D eigenvalue weighted by Crippen LogP contribution is -2.87. The molecule has 2 amide bonds. The monoisotopic (exact) mass is 730 g/mol. The minimum absolute atomic E-state index is 0.0964. The number of nitrogens with one attached hydrogen (secondary N) is 4. The number of hydrogen-bond acceptors (Lipinski definition) is 10. The summed E-state index contributed by atoms with van der Waals surface area (Å²) in [5, 5.41) is 6.05. The van der Waals surface area contributed by atoms with Crippen molar-refractivity contribution < 1.29 is 28.7 Å². The number of Topliss-reactive ketones (excluding diaryl/α,β-unsaturated/α-hetero) is 2. The average molecular weight is 731 g/mol. The highest BCUT2D eigenvalue weighted by Crippen LogP contribution is 2.67. The van der Waals surface area contributed by atoms with Gasteiger partial charge in [-0.15, -0.1) is 0 Å². The summed E-state index contributed by atoms with van der Waals surface area (Å²) in [6.45, 7) is 5.54. The van der Waals surface area contributed by atoms with Crippen LogP contribution in [0.3, 0.4) is 0 Å². The van der Waals surface area contributed by atoms with Crippen molar-refractivity contribution >= 4 is 23.8 Å². The van der Waals surface area contributed by atoms with Crippen LogP contribution in [0.5, 0.6) is 0 Å². The van der Waals surface area contributed by atoms with E-state index in [4.69, 9.17) is 9.47 Å². The number of rotatable bonds is 9. The van der Waals surface area contributed by atoms with Crippen molar-refractivity contribution in [2.24, 2.45) is 10.8 Å². The molecule has 14 nitrogen and oxygen atoms in total. The van der Waals surface area contributed by atoms with Gasteiger partial charge in [0.25, 0.3) is 0 Å². The van der Waals surface area contributed by atoms with Gasteiger partial charge >= 0.3 is 12.2 Å². The molecule has 2 aromatic heterocycles. The number of fused-ring (bicyclic) bond motifs is 4. The maximum atomic E-state index is 14.8. The molecule has 0 saturated carbocycles. The van der Waals surface area contributed by atoms with Crippen LogP contribution in [0.25, 0.3) is 11.1 Å². The van der Waals surface area contributed by atoms with Gasteiger partial charge < -0.3 is 19.4 Å². The minimum Gasteiger partial charge on any atom is -0.453 e. The molecule has 2 aromatic carbocycles. The van der Waals surface area contributed by atoms with E-state index in [0.29, 0.717) is 24.2 Å². The van der Waals surface area contributed by atoms with E-state index < -0.39 is 34.3 Å². The lowest BCUT2D eigenvalue weighted by Gasteiger charge is -2.69. The van der Waals surface area contributed by atoms with Crippen LogP contribution in [-0.2, 0) is 9.47 Å². The molecule has 8 aliphatic heterocycles. The maximum absolute atomic E-state index is 14.8. The number of aromatic amines is 2. The molecular weight excluding hydrogens is 688 g/mol. The Kier molecular flexibility index (Phi) is 6.84. The van der Waals surface area contributed by atoms with Crippen molar-refractivity contribution in [1.82, 2.24) is 40.4 Å². The lowest BCUT2D eigenvalue weighted by atomic mass is 9.51. The number of methoxy groups -OCH3 is 2. The number of ketones is 2. The van der Waals surface area contributed by atoms with Crippen LogP contribution in [0.2, 0.25) is 0 Å². The van der Waals surface area contributed by atoms with Crippen molar-refractivity contribution in [1.29, 1.82) is 0 Å². The van der Waals surface area contributed by atoms with Gasteiger partial charge in [-0.3, -0.25) is 30.0 Å². The van der Waals surface area contributed by atoms with Gasteiger partial charge in [0, 0.05) is 70.9 Å². The number of hydrogen-bond donors (Lipinski definition) is 4.